The Hall–Kier alpha value is -1.99. The Labute approximate surface area is 65.4 Å². The molecule has 0 saturated heterocycles. The molecule has 0 spiro atoms. The lowest BCUT2D eigenvalue weighted by Gasteiger charge is -1.93. The van der Waals surface area contributed by atoms with E-state index in [1.807, 2.05) is 0 Å². The molecule has 0 aromatic rings. The number of carboxylic acid groups (broad SMARTS) is 1. The van der Waals surface area contributed by atoms with E-state index in [9.17, 15) is 25.0 Å². The number of carbonyl (C=O) groups is 1. The van der Waals surface area contributed by atoms with Crippen LogP contribution >= 0.6 is 0 Å². The van der Waals surface area contributed by atoms with E-state index in [2.05, 4.69) is 0 Å². The summed E-state index contributed by atoms with van der Waals surface area (Å²) in [5.74, 6) is -1.47. The standard InChI is InChI=1S/C4H4N2O6/c7-4(8)2-1-3(5(9)10)6(11)12/h1-3H,(H,7,8). The minimum absolute atomic E-state index is 0.357. The van der Waals surface area contributed by atoms with Gasteiger partial charge in [0.2, 0.25) is 0 Å². The number of hydrogen-bond donors (Lipinski definition) is 1. The van der Waals surface area contributed by atoms with E-state index in [4.69, 9.17) is 5.11 Å². The third-order valence-electron chi connectivity index (χ3n) is 0.843. The van der Waals surface area contributed by atoms with E-state index < -0.39 is 22.0 Å². The van der Waals surface area contributed by atoms with Crippen molar-refractivity contribution in [2.24, 2.45) is 0 Å². The summed E-state index contributed by atoms with van der Waals surface area (Å²) in [6.45, 7) is 0. The van der Waals surface area contributed by atoms with Gasteiger partial charge in [0.1, 0.15) is 9.85 Å². The van der Waals surface area contributed by atoms with Crippen LogP contribution in [-0.4, -0.2) is 27.1 Å². The Morgan fingerprint density at radius 2 is 1.75 bits per heavy atom. The molecule has 12 heavy (non-hydrogen) atoms. The highest BCUT2D eigenvalue weighted by molar-refractivity contribution is 5.79. The Bertz CT molecular complexity index is 232. The molecule has 0 saturated carbocycles. The lowest BCUT2D eigenvalue weighted by Crippen LogP contribution is -2.26. The van der Waals surface area contributed by atoms with Crippen LogP contribution < -0.4 is 0 Å². The van der Waals surface area contributed by atoms with E-state index in [-0.39, 0.29) is 0 Å². The highest BCUT2D eigenvalue weighted by Crippen LogP contribution is 1.93. The number of nitrogens with zero attached hydrogens (tertiary/aromatic N) is 2. The van der Waals surface area contributed by atoms with Gasteiger partial charge in [0.15, 0.2) is 0 Å². The van der Waals surface area contributed by atoms with Gasteiger partial charge in [-0.3, -0.25) is 20.2 Å². The molecule has 0 aliphatic rings. The Morgan fingerprint density at radius 3 is 2.00 bits per heavy atom. The molecule has 1 N–H and O–H groups in total. The first kappa shape index (κ1) is 10.0. The molecule has 66 valence electrons. The summed E-state index contributed by atoms with van der Waals surface area (Å²) in [6, 6.07) is 0. The summed E-state index contributed by atoms with van der Waals surface area (Å²) in [5, 5.41) is 27.7. The van der Waals surface area contributed by atoms with Crippen LogP contribution in [0.25, 0.3) is 0 Å². The quantitative estimate of drug-likeness (QED) is 0.266. The number of hydrogen-bond acceptors (Lipinski definition) is 5. The van der Waals surface area contributed by atoms with Gasteiger partial charge in [0.05, 0.1) is 6.08 Å². The lowest BCUT2D eigenvalue weighted by molar-refractivity contribution is -0.727. The van der Waals surface area contributed by atoms with Crippen LogP contribution in [0, 0.1) is 20.2 Å². The minimum atomic E-state index is -2.19. The molecular weight excluding hydrogens is 172 g/mol. The average Bonchev–Trinajstić information content (AvgIpc) is 1.84. The van der Waals surface area contributed by atoms with Gasteiger partial charge in [-0.2, -0.15) is 0 Å². The second-order valence-corrected chi connectivity index (χ2v) is 1.68. The highest BCUT2D eigenvalue weighted by Gasteiger charge is 2.28. The fourth-order valence-corrected chi connectivity index (χ4v) is 0.386. The van der Waals surface area contributed by atoms with Gasteiger partial charge in [-0.05, 0) is 0 Å². The number of aliphatic carboxylic acids is 1. The van der Waals surface area contributed by atoms with Crippen molar-refractivity contribution in [3.63, 3.8) is 0 Å². The zero-order valence-corrected chi connectivity index (χ0v) is 5.61. The lowest BCUT2D eigenvalue weighted by atomic mass is 10.4. The van der Waals surface area contributed by atoms with E-state index in [0.29, 0.717) is 12.2 Å². The molecule has 0 aliphatic heterocycles. The van der Waals surface area contributed by atoms with Crippen LogP contribution in [0.5, 0.6) is 0 Å². The fraction of sp³-hybridized carbons (Fsp3) is 0.250. The first-order valence-corrected chi connectivity index (χ1v) is 2.63. The molecule has 0 amide bonds. The normalized spacial score (nSPS) is 10.4. The second kappa shape index (κ2) is 4.01. The SMILES string of the molecule is O=C(O)C=CC([N+](=O)[O-])[N+](=O)[O-]. The number of carboxylic acids is 1. The first-order chi connectivity index (χ1) is 5.45. The molecule has 0 aliphatic carbocycles. The van der Waals surface area contributed by atoms with Crippen molar-refractivity contribution in [1.82, 2.24) is 0 Å². The summed E-state index contributed by atoms with van der Waals surface area (Å²) in [4.78, 5) is 27.2. The molecule has 8 nitrogen and oxygen atoms in total. The monoisotopic (exact) mass is 176 g/mol. The van der Waals surface area contributed by atoms with Crippen molar-refractivity contribution >= 4 is 5.97 Å². The van der Waals surface area contributed by atoms with Gasteiger partial charge < -0.3 is 5.11 Å². The average molecular weight is 176 g/mol. The Kier molecular flexibility index (Phi) is 3.34. The topological polar surface area (TPSA) is 124 Å². The van der Waals surface area contributed by atoms with Crippen molar-refractivity contribution in [3.05, 3.63) is 32.4 Å². The number of nitro groups is 2. The van der Waals surface area contributed by atoms with E-state index in [1.54, 1.807) is 0 Å². The molecule has 0 fully saturated rings. The predicted octanol–water partition coefficient (Wildman–Crippen LogP) is -0.493. The third kappa shape index (κ3) is 3.25. The van der Waals surface area contributed by atoms with Crippen molar-refractivity contribution in [2.45, 2.75) is 6.17 Å². The highest BCUT2D eigenvalue weighted by atomic mass is 16.7. The molecule has 0 aromatic heterocycles. The molecule has 0 rings (SSSR count). The molecular formula is C4H4N2O6. The molecule has 0 bridgehead atoms. The number of rotatable bonds is 4. The predicted molar refractivity (Wildman–Crippen MR) is 34.6 cm³/mol. The van der Waals surface area contributed by atoms with Gasteiger partial charge >= 0.3 is 12.1 Å². The maximum Gasteiger partial charge on any atom is 0.470 e. The van der Waals surface area contributed by atoms with Crippen LogP contribution in [0.15, 0.2) is 12.2 Å². The molecule has 0 heterocycles. The van der Waals surface area contributed by atoms with Crippen LogP contribution in [0.2, 0.25) is 0 Å². The maximum atomic E-state index is 9.87. The molecule has 8 heteroatoms. The third-order valence-corrected chi connectivity index (χ3v) is 0.843. The van der Waals surface area contributed by atoms with E-state index in [1.165, 1.54) is 0 Å². The molecule has 0 aromatic carbocycles. The van der Waals surface area contributed by atoms with Crippen molar-refractivity contribution in [1.29, 1.82) is 0 Å². The minimum Gasteiger partial charge on any atom is -0.478 e. The van der Waals surface area contributed by atoms with Crippen molar-refractivity contribution in [3.8, 4) is 0 Å². The maximum absolute atomic E-state index is 9.87. The first-order valence-electron chi connectivity index (χ1n) is 2.63. The summed E-state index contributed by atoms with van der Waals surface area (Å²) in [6.07, 6.45) is -1.44. The zero-order valence-electron chi connectivity index (χ0n) is 5.61. The van der Waals surface area contributed by atoms with Crippen molar-refractivity contribution in [2.75, 3.05) is 0 Å². The molecule has 0 unspecified atom stereocenters. The smallest absolute Gasteiger partial charge is 0.470 e. The van der Waals surface area contributed by atoms with E-state index >= 15 is 0 Å². The zero-order chi connectivity index (χ0) is 9.72. The summed E-state index contributed by atoms with van der Waals surface area (Å²) >= 11 is 0. The Morgan fingerprint density at radius 1 is 1.33 bits per heavy atom. The van der Waals surface area contributed by atoms with Crippen LogP contribution in [-0.2, 0) is 4.79 Å². The van der Waals surface area contributed by atoms with Crippen molar-refractivity contribution < 1.29 is 19.7 Å². The Balaban J connectivity index is 4.44. The molecule has 0 radical (unpaired) electrons. The summed E-state index contributed by atoms with van der Waals surface area (Å²) in [7, 11) is 0. The fourth-order valence-electron chi connectivity index (χ4n) is 0.386. The largest absolute Gasteiger partial charge is 0.478 e. The summed E-state index contributed by atoms with van der Waals surface area (Å²) < 4.78 is 0. The van der Waals surface area contributed by atoms with Gasteiger partial charge in [-0.15, -0.1) is 0 Å². The van der Waals surface area contributed by atoms with Crippen LogP contribution in [0.3, 0.4) is 0 Å². The second-order valence-electron chi connectivity index (χ2n) is 1.68. The van der Waals surface area contributed by atoms with E-state index in [0.717, 1.165) is 0 Å². The van der Waals surface area contributed by atoms with Gasteiger partial charge in [-0.1, -0.05) is 0 Å². The van der Waals surface area contributed by atoms with Gasteiger partial charge in [0.25, 0.3) is 0 Å². The van der Waals surface area contributed by atoms with Crippen LogP contribution in [0.1, 0.15) is 0 Å². The van der Waals surface area contributed by atoms with Gasteiger partial charge in [0, 0.05) is 6.08 Å². The summed E-state index contributed by atoms with van der Waals surface area (Å²) in [5.41, 5.74) is 0. The van der Waals surface area contributed by atoms with Crippen LogP contribution in [0.4, 0.5) is 0 Å². The van der Waals surface area contributed by atoms with Gasteiger partial charge in [-0.25, -0.2) is 4.79 Å². The molecule has 0 atom stereocenters.